The van der Waals surface area contributed by atoms with E-state index in [9.17, 15) is 14.3 Å². The summed E-state index contributed by atoms with van der Waals surface area (Å²) < 4.78 is 13.1. The summed E-state index contributed by atoms with van der Waals surface area (Å²) in [6, 6.07) is 13.4. The van der Waals surface area contributed by atoms with Gasteiger partial charge in [0.2, 0.25) is 0 Å². The molecule has 0 amide bonds. The number of benzene rings is 1. The Labute approximate surface area is 197 Å². The first-order valence-corrected chi connectivity index (χ1v) is 11.4. The van der Waals surface area contributed by atoms with Crippen LogP contribution in [0.4, 0.5) is 4.39 Å². The van der Waals surface area contributed by atoms with Gasteiger partial charge in [-0.2, -0.15) is 0 Å². The minimum absolute atomic E-state index is 0.120. The van der Waals surface area contributed by atoms with Crippen LogP contribution in [-0.4, -0.2) is 49.9 Å². The van der Waals surface area contributed by atoms with Crippen LogP contribution in [0.1, 0.15) is 34.5 Å². The highest BCUT2D eigenvalue weighted by Crippen LogP contribution is 2.23. The van der Waals surface area contributed by atoms with Crippen LogP contribution in [0, 0.1) is 5.82 Å². The third kappa shape index (κ3) is 5.16. The molecule has 0 spiro atoms. The average Bonchev–Trinajstić information content (AvgIpc) is 2.85. The van der Waals surface area contributed by atoms with Crippen molar-refractivity contribution in [2.45, 2.75) is 31.9 Å². The van der Waals surface area contributed by atoms with E-state index in [0.29, 0.717) is 11.3 Å². The molecule has 172 valence electrons. The molecule has 1 aliphatic rings. The second-order valence-corrected chi connectivity index (χ2v) is 8.76. The van der Waals surface area contributed by atoms with E-state index >= 15 is 0 Å². The molecular weight excluding hydrogens is 431 g/mol. The Morgan fingerprint density at radius 3 is 2.62 bits per heavy atom. The van der Waals surface area contributed by atoms with E-state index in [1.807, 2.05) is 24.4 Å². The van der Waals surface area contributed by atoms with Crippen LogP contribution in [0.25, 0.3) is 22.2 Å². The van der Waals surface area contributed by atoms with Crippen LogP contribution < -0.4 is 0 Å². The molecule has 1 saturated heterocycles. The molecule has 4 aromatic rings. The average molecular weight is 457 g/mol. The monoisotopic (exact) mass is 456 g/mol. The van der Waals surface area contributed by atoms with Gasteiger partial charge in [-0.3, -0.25) is 19.7 Å². The number of piperidine rings is 1. The van der Waals surface area contributed by atoms with Crippen molar-refractivity contribution in [3.8, 4) is 11.3 Å². The molecule has 0 bridgehead atoms. The van der Waals surface area contributed by atoms with Crippen molar-refractivity contribution in [3.05, 3.63) is 89.8 Å². The highest BCUT2D eigenvalue weighted by atomic mass is 19.1. The number of carbonyl (C=O) groups is 1. The van der Waals surface area contributed by atoms with Crippen LogP contribution in [0.15, 0.2) is 67.1 Å². The lowest BCUT2D eigenvalue weighted by Crippen LogP contribution is -2.35. The van der Waals surface area contributed by atoms with Crippen LogP contribution >= 0.6 is 0 Å². The van der Waals surface area contributed by atoms with E-state index in [2.05, 4.69) is 20.9 Å². The van der Waals surface area contributed by atoms with E-state index in [0.717, 1.165) is 60.2 Å². The summed E-state index contributed by atoms with van der Waals surface area (Å²) in [6.45, 7) is 2.55. The third-order valence-electron chi connectivity index (χ3n) is 6.19. The summed E-state index contributed by atoms with van der Waals surface area (Å²) in [6.07, 6.45) is 6.94. The SMILES string of the molecule is O=C(Cc1cc2nc(-c3cncc(CN4CCC(O)CC4)c3)ccc2cn1)c1ccc(F)cc1. The molecule has 4 heterocycles. The van der Waals surface area contributed by atoms with Crippen LogP contribution in [-0.2, 0) is 13.0 Å². The first kappa shape index (κ1) is 22.3. The number of hydrogen-bond acceptors (Lipinski definition) is 6. The lowest BCUT2D eigenvalue weighted by molar-refractivity contribution is 0.0792. The molecule has 34 heavy (non-hydrogen) atoms. The number of rotatable bonds is 6. The number of halogens is 1. The zero-order valence-electron chi connectivity index (χ0n) is 18.7. The minimum atomic E-state index is -0.370. The summed E-state index contributed by atoms with van der Waals surface area (Å²) in [5, 5.41) is 10.6. The number of hydrogen-bond donors (Lipinski definition) is 1. The van der Waals surface area contributed by atoms with Gasteiger partial charge in [-0.15, -0.1) is 0 Å². The van der Waals surface area contributed by atoms with Gasteiger partial charge in [0.15, 0.2) is 5.78 Å². The fourth-order valence-electron chi connectivity index (χ4n) is 4.27. The van der Waals surface area contributed by atoms with Gasteiger partial charge in [-0.1, -0.05) is 0 Å². The summed E-state index contributed by atoms with van der Waals surface area (Å²) >= 11 is 0. The van der Waals surface area contributed by atoms with Gasteiger partial charge in [0.25, 0.3) is 0 Å². The highest BCUT2D eigenvalue weighted by Gasteiger charge is 2.17. The maximum atomic E-state index is 13.1. The van der Waals surface area contributed by atoms with E-state index in [4.69, 9.17) is 4.98 Å². The first-order chi connectivity index (χ1) is 16.5. The summed E-state index contributed by atoms with van der Waals surface area (Å²) in [7, 11) is 0. The summed E-state index contributed by atoms with van der Waals surface area (Å²) in [4.78, 5) is 28.5. The smallest absolute Gasteiger partial charge is 0.168 e. The number of aliphatic hydroxyl groups is 1. The molecule has 0 aliphatic carbocycles. The zero-order valence-corrected chi connectivity index (χ0v) is 18.7. The first-order valence-electron chi connectivity index (χ1n) is 11.4. The molecule has 1 fully saturated rings. The number of aliphatic hydroxyl groups excluding tert-OH is 1. The van der Waals surface area contributed by atoms with Crippen molar-refractivity contribution < 1.29 is 14.3 Å². The second-order valence-electron chi connectivity index (χ2n) is 8.76. The largest absolute Gasteiger partial charge is 0.393 e. The van der Waals surface area contributed by atoms with Crippen molar-refractivity contribution >= 4 is 16.7 Å². The van der Waals surface area contributed by atoms with Crippen LogP contribution in [0.2, 0.25) is 0 Å². The number of Topliss-reactive ketones (excluding diaryl/α,β-unsaturated/α-hetero) is 1. The second kappa shape index (κ2) is 9.75. The molecule has 0 atom stereocenters. The van der Waals surface area contributed by atoms with Crippen molar-refractivity contribution in [2.24, 2.45) is 0 Å². The van der Waals surface area contributed by atoms with E-state index in [-0.39, 0.29) is 24.1 Å². The van der Waals surface area contributed by atoms with Crippen molar-refractivity contribution in [1.29, 1.82) is 0 Å². The zero-order chi connectivity index (χ0) is 23.5. The minimum Gasteiger partial charge on any atom is -0.393 e. The predicted octanol–water partition coefficient (Wildman–Crippen LogP) is 4.21. The molecule has 0 radical (unpaired) electrons. The number of ketones is 1. The molecular formula is C27H25FN4O2. The Morgan fingerprint density at radius 2 is 1.82 bits per heavy atom. The molecule has 5 rings (SSSR count). The number of likely N-dealkylation sites (tertiary alicyclic amines) is 1. The lowest BCUT2D eigenvalue weighted by atomic mass is 10.0. The molecule has 1 aromatic carbocycles. The van der Waals surface area contributed by atoms with Gasteiger partial charge in [0, 0.05) is 54.7 Å². The van der Waals surface area contributed by atoms with E-state index in [1.165, 1.54) is 24.3 Å². The van der Waals surface area contributed by atoms with Gasteiger partial charge >= 0.3 is 0 Å². The molecule has 0 unspecified atom stereocenters. The van der Waals surface area contributed by atoms with E-state index in [1.54, 1.807) is 12.4 Å². The predicted molar refractivity (Wildman–Crippen MR) is 128 cm³/mol. The summed E-state index contributed by atoms with van der Waals surface area (Å²) in [5.41, 5.74) is 4.66. The molecule has 7 heteroatoms. The normalized spacial score (nSPS) is 15.0. The van der Waals surface area contributed by atoms with E-state index < -0.39 is 0 Å². The fraction of sp³-hybridized carbons (Fsp3) is 0.259. The Morgan fingerprint density at radius 1 is 1.03 bits per heavy atom. The van der Waals surface area contributed by atoms with Gasteiger partial charge in [-0.05, 0) is 66.9 Å². The Bertz CT molecular complexity index is 1320. The van der Waals surface area contributed by atoms with Crippen molar-refractivity contribution in [1.82, 2.24) is 19.9 Å². The van der Waals surface area contributed by atoms with Gasteiger partial charge in [0.05, 0.1) is 29.4 Å². The molecule has 3 aromatic heterocycles. The molecule has 0 saturated carbocycles. The molecule has 6 nitrogen and oxygen atoms in total. The lowest BCUT2D eigenvalue weighted by Gasteiger charge is -2.29. The number of nitrogens with zero attached hydrogens (tertiary/aromatic N) is 4. The quantitative estimate of drug-likeness (QED) is 0.438. The Hall–Kier alpha value is -3.55. The Balaban J connectivity index is 1.35. The molecule has 1 N–H and O–H groups in total. The molecule has 1 aliphatic heterocycles. The van der Waals surface area contributed by atoms with Gasteiger partial charge in [0.1, 0.15) is 5.82 Å². The Kier molecular flexibility index (Phi) is 6.38. The number of aromatic nitrogens is 3. The number of pyridine rings is 3. The number of carbonyl (C=O) groups excluding carboxylic acids is 1. The number of fused-ring (bicyclic) bond motifs is 1. The van der Waals surface area contributed by atoms with Crippen LogP contribution in [0.3, 0.4) is 0 Å². The topological polar surface area (TPSA) is 79.2 Å². The summed E-state index contributed by atoms with van der Waals surface area (Å²) in [5.74, 6) is -0.490. The highest BCUT2D eigenvalue weighted by molar-refractivity contribution is 5.97. The fourth-order valence-corrected chi connectivity index (χ4v) is 4.27. The van der Waals surface area contributed by atoms with Gasteiger partial charge in [-0.25, -0.2) is 9.37 Å². The maximum Gasteiger partial charge on any atom is 0.168 e. The van der Waals surface area contributed by atoms with Gasteiger partial charge < -0.3 is 5.11 Å². The van der Waals surface area contributed by atoms with Crippen molar-refractivity contribution in [3.63, 3.8) is 0 Å². The van der Waals surface area contributed by atoms with Crippen LogP contribution in [0.5, 0.6) is 0 Å². The maximum absolute atomic E-state index is 13.1. The van der Waals surface area contributed by atoms with Crippen molar-refractivity contribution in [2.75, 3.05) is 13.1 Å². The third-order valence-corrected chi connectivity index (χ3v) is 6.19. The standard InChI is InChI=1S/C27H25FN4O2/c28-22-4-1-19(2-5-22)27(34)13-23-12-26-20(16-30-23)3-6-25(31-26)21-11-18(14-29-15-21)17-32-9-7-24(33)8-10-32/h1-6,11-12,14-16,24,33H,7-10,13,17H2.